The summed E-state index contributed by atoms with van der Waals surface area (Å²) >= 11 is 0. The minimum Gasteiger partial charge on any atom is -0.337 e. The summed E-state index contributed by atoms with van der Waals surface area (Å²) in [5, 5.41) is 8.60. The number of aromatic nitrogens is 2. The maximum atomic E-state index is 13.0. The largest absolute Gasteiger partial charge is 0.337 e. The van der Waals surface area contributed by atoms with E-state index in [4.69, 9.17) is 0 Å². The summed E-state index contributed by atoms with van der Waals surface area (Å²) in [5.41, 5.74) is 4.58. The molecular weight excluding hydrogens is 386 g/mol. The number of nitrogens with one attached hydrogen (secondary N) is 1. The topological polar surface area (TPSA) is 53.4 Å². The van der Waals surface area contributed by atoms with Crippen molar-refractivity contribution >= 4 is 5.91 Å². The van der Waals surface area contributed by atoms with Gasteiger partial charge in [-0.05, 0) is 63.6 Å². The summed E-state index contributed by atoms with van der Waals surface area (Å²) in [6, 6.07) is 11.8. The fraction of sp³-hybridized carbons (Fsp3) is 0.600. The zero-order valence-corrected chi connectivity index (χ0v) is 18.7. The predicted molar refractivity (Wildman–Crippen MR) is 122 cm³/mol. The summed E-state index contributed by atoms with van der Waals surface area (Å²) in [6.07, 6.45) is 7.71. The quantitative estimate of drug-likeness (QED) is 0.807. The molecule has 5 rings (SSSR count). The van der Waals surface area contributed by atoms with Crippen molar-refractivity contribution in [3.8, 4) is 0 Å². The minimum atomic E-state index is 0.143. The monoisotopic (exact) mass is 421 g/mol. The van der Waals surface area contributed by atoms with E-state index < -0.39 is 0 Å². The average molecular weight is 422 g/mol. The van der Waals surface area contributed by atoms with Gasteiger partial charge in [-0.25, -0.2) is 0 Å². The van der Waals surface area contributed by atoms with Crippen LogP contribution < -0.4 is 5.32 Å². The van der Waals surface area contributed by atoms with Crippen molar-refractivity contribution in [2.75, 3.05) is 26.2 Å². The number of benzene rings is 1. The number of carbonyl (C=O) groups is 1. The van der Waals surface area contributed by atoms with E-state index in [2.05, 4.69) is 45.6 Å². The molecule has 2 saturated heterocycles. The molecule has 6 nitrogen and oxygen atoms in total. The molecule has 0 saturated carbocycles. The van der Waals surface area contributed by atoms with Gasteiger partial charge in [0.2, 0.25) is 0 Å². The van der Waals surface area contributed by atoms with Crippen molar-refractivity contribution in [2.24, 2.45) is 7.05 Å². The zero-order chi connectivity index (χ0) is 21.2. The Labute approximate surface area is 185 Å². The lowest BCUT2D eigenvalue weighted by atomic mass is 9.89. The van der Waals surface area contributed by atoms with Gasteiger partial charge in [-0.1, -0.05) is 30.3 Å². The van der Waals surface area contributed by atoms with Crippen molar-refractivity contribution in [3.63, 3.8) is 0 Å². The van der Waals surface area contributed by atoms with E-state index in [-0.39, 0.29) is 5.91 Å². The number of piperidine rings is 1. The van der Waals surface area contributed by atoms with Crippen LogP contribution in [0.1, 0.15) is 59.4 Å². The lowest BCUT2D eigenvalue weighted by Gasteiger charge is -2.35. The van der Waals surface area contributed by atoms with E-state index in [1.165, 1.54) is 29.7 Å². The van der Waals surface area contributed by atoms with E-state index in [1.54, 1.807) is 0 Å². The lowest BCUT2D eigenvalue weighted by Crippen LogP contribution is -2.47. The molecule has 1 aromatic carbocycles. The number of aryl methyl sites for hydroxylation is 1. The van der Waals surface area contributed by atoms with Crippen LogP contribution in [0.3, 0.4) is 0 Å². The Morgan fingerprint density at radius 3 is 2.52 bits per heavy atom. The Morgan fingerprint density at radius 2 is 1.77 bits per heavy atom. The van der Waals surface area contributed by atoms with E-state index in [0.29, 0.717) is 17.8 Å². The summed E-state index contributed by atoms with van der Waals surface area (Å²) < 4.78 is 1.96. The average Bonchev–Trinajstić information content (AvgIpc) is 3.44. The van der Waals surface area contributed by atoms with Gasteiger partial charge in [-0.3, -0.25) is 14.4 Å². The molecule has 1 amide bonds. The standard InChI is InChI=1S/C25H35N5O/c1-28-23-10-9-21(17-22(23)24(27-28)25(31)30-13-5-6-14-30)26-20-11-15-29(16-12-20)18-19-7-3-2-4-8-19/h2-4,7-8,20-21,26H,5-6,9-18H2,1H3. The molecule has 1 aromatic heterocycles. The van der Waals surface area contributed by atoms with Gasteiger partial charge < -0.3 is 10.2 Å². The number of hydrogen-bond acceptors (Lipinski definition) is 4. The highest BCUT2D eigenvalue weighted by atomic mass is 16.2. The second kappa shape index (κ2) is 9.13. The molecule has 3 aliphatic rings. The van der Waals surface area contributed by atoms with Gasteiger partial charge in [-0.2, -0.15) is 5.10 Å². The zero-order valence-electron chi connectivity index (χ0n) is 18.7. The molecule has 2 aromatic rings. The number of fused-ring (bicyclic) bond motifs is 1. The van der Waals surface area contributed by atoms with Crippen LogP contribution in [0.5, 0.6) is 0 Å². The van der Waals surface area contributed by atoms with E-state index in [9.17, 15) is 4.79 Å². The molecule has 1 aliphatic carbocycles. The Hall–Kier alpha value is -2.18. The Morgan fingerprint density at radius 1 is 1.03 bits per heavy atom. The van der Waals surface area contributed by atoms with Crippen LogP contribution in [0.15, 0.2) is 30.3 Å². The molecule has 0 spiro atoms. The maximum absolute atomic E-state index is 13.0. The number of likely N-dealkylation sites (tertiary alicyclic amines) is 2. The summed E-state index contributed by atoms with van der Waals surface area (Å²) in [6.45, 7) is 5.12. The normalized spacial score (nSPS) is 22.6. The lowest BCUT2D eigenvalue weighted by molar-refractivity contribution is 0.0785. The van der Waals surface area contributed by atoms with Crippen molar-refractivity contribution in [1.29, 1.82) is 0 Å². The Kier molecular flexibility index (Phi) is 6.10. The fourth-order valence-electron chi connectivity index (χ4n) is 5.61. The van der Waals surface area contributed by atoms with Gasteiger partial charge in [-0.15, -0.1) is 0 Å². The predicted octanol–water partition coefficient (Wildman–Crippen LogP) is 2.77. The van der Waals surface area contributed by atoms with Crippen molar-refractivity contribution in [2.45, 2.75) is 63.6 Å². The van der Waals surface area contributed by atoms with E-state index in [0.717, 1.165) is 64.8 Å². The van der Waals surface area contributed by atoms with Gasteiger partial charge in [0.15, 0.2) is 5.69 Å². The Bertz CT molecular complexity index is 894. The molecule has 6 heteroatoms. The number of hydrogen-bond donors (Lipinski definition) is 1. The smallest absolute Gasteiger partial charge is 0.274 e. The first-order valence-corrected chi connectivity index (χ1v) is 12.0. The molecule has 166 valence electrons. The van der Waals surface area contributed by atoms with E-state index in [1.807, 2.05) is 16.6 Å². The molecule has 1 atom stereocenters. The molecule has 2 fully saturated rings. The molecule has 0 radical (unpaired) electrons. The second-order valence-electron chi connectivity index (χ2n) is 9.54. The van der Waals surface area contributed by atoms with Crippen LogP contribution in [0, 0.1) is 0 Å². The van der Waals surface area contributed by atoms with Crippen LogP contribution >= 0.6 is 0 Å². The van der Waals surface area contributed by atoms with Gasteiger partial charge in [0.25, 0.3) is 5.91 Å². The summed E-state index contributed by atoms with van der Waals surface area (Å²) in [5.74, 6) is 0.143. The first-order chi connectivity index (χ1) is 15.2. The van der Waals surface area contributed by atoms with Crippen molar-refractivity contribution in [3.05, 3.63) is 52.8 Å². The minimum absolute atomic E-state index is 0.143. The molecule has 1 N–H and O–H groups in total. The number of carbonyl (C=O) groups excluding carboxylic acids is 1. The van der Waals surface area contributed by atoms with Crippen LogP contribution in [0.4, 0.5) is 0 Å². The van der Waals surface area contributed by atoms with Crippen LogP contribution in [-0.2, 0) is 26.4 Å². The third-order valence-electron chi connectivity index (χ3n) is 7.36. The summed E-state index contributed by atoms with van der Waals surface area (Å²) in [4.78, 5) is 17.6. The second-order valence-corrected chi connectivity index (χ2v) is 9.54. The van der Waals surface area contributed by atoms with Gasteiger partial charge in [0, 0.05) is 50.0 Å². The van der Waals surface area contributed by atoms with E-state index >= 15 is 0 Å². The third kappa shape index (κ3) is 4.55. The van der Waals surface area contributed by atoms with Crippen LogP contribution in [0.2, 0.25) is 0 Å². The number of rotatable bonds is 5. The van der Waals surface area contributed by atoms with Gasteiger partial charge in [0.1, 0.15) is 0 Å². The molecule has 2 aliphatic heterocycles. The number of nitrogens with zero attached hydrogens (tertiary/aromatic N) is 4. The highest BCUT2D eigenvalue weighted by Crippen LogP contribution is 2.27. The van der Waals surface area contributed by atoms with Gasteiger partial charge in [0.05, 0.1) is 0 Å². The number of amides is 1. The SMILES string of the molecule is Cn1nc(C(=O)N2CCCC2)c2c1CCC(NC1CCN(Cc3ccccc3)CC1)C2. The molecular formula is C25H35N5O. The third-order valence-corrected chi connectivity index (χ3v) is 7.36. The first kappa shape index (κ1) is 20.7. The van der Waals surface area contributed by atoms with Crippen molar-refractivity contribution in [1.82, 2.24) is 24.9 Å². The molecule has 3 heterocycles. The van der Waals surface area contributed by atoms with Gasteiger partial charge >= 0.3 is 0 Å². The maximum Gasteiger partial charge on any atom is 0.274 e. The van der Waals surface area contributed by atoms with Crippen LogP contribution in [-0.4, -0.2) is 63.8 Å². The highest BCUT2D eigenvalue weighted by Gasteiger charge is 2.32. The Balaban J connectivity index is 1.17. The molecule has 0 bridgehead atoms. The first-order valence-electron chi connectivity index (χ1n) is 12.0. The molecule has 31 heavy (non-hydrogen) atoms. The van der Waals surface area contributed by atoms with Crippen LogP contribution in [0.25, 0.3) is 0 Å². The molecule has 1 unspecified atom stereocenters. The highest BCUT2D eigenvalue weighted by molar-refractivity contribution is 5.94. The fourth-order valence-corrected chi connectivity index (χ4v) is 5.61. The van der Waals surface area contributed by atoms with Crippen molar-refractivity contribution < 1.29 is 4.79 Å². The summed E-state index contributed by atoms with van der Waals surface area (Å²) in [7, 11) is 2.00.